The van der Waals surface area contributed by atoms with E-state index in [1.54, 1.807) is 0 Å². The Morgan fingerprint density at radius 2 is 2.12 bits per heavy atom. The van der Waals surface area contributed by atoms with Crippen molar-refractivity contribution in [3.05, 3.63) is 0 Å². The fraction of sp³-hybridized carbons (Fsp3) is 0.929. The highest BCUT2D eigenvalue weighted by Gasteiger charge is 2.30. The summed E-state index contributed by atoms with van der Waals surface area (Å²) < 4.78 is 0. The summed E-state index contributed by atoms with van der Waals surface area (Å²) in [7, 11) is 0. The molecule has 1 N–H and O–H groups in total. The lowest BCUT2D eigenvalue weighted by Crippen LogP contribution is -2.29. The summed E-state index contributed by atoms with van der Waals surface area (Å²) in [5.74, 6) is 0. The predicted molar refractivity (Wildman–Crippen MR) is 68.1 cm³/mol. The Bertz CT molecular complexity index is 260. The van der Waals surface area contributed by atoms with Crippen molar-refractivity contribution in [2.45, 2.75) is 65.8 Å². The standard InChI is InChI=1S/C14H26N2/c1-13(2)8-6-12(10-13)16-9-5-7-14(3,4)11-15/h12,16H,5-10H2,1-4H3. The van der Waals surface area contributed by atoms with E-state index in [-0.39, 0.29) is 5.41 Å². The van der Waals surface area contributed by atoms with Gasteiger partial charge in [-0.3, -0.25) is 0 Å². The molecule has 1 atom stereocenters. The van der Waals surface area contributed by atoms with Crippen molar-refractivity contribution in [2.75, 3.05) is 6.54 Å². The van der Waals surface area contributed by atoms with Crippen LogP contribution in [0.5, 0.6) is 0 Å². The van der Waals surface area contributed by atoms with Gasteiger partial charge >= 0.3 is 0 Å². The van der Waals surface area contributed by atoms with Gasteiger partial charge in [-0.05, 0) is 57.9 Å². The van der Waals surface area contributed by atoms with Crippen molar-refractivity contribution in [1.82, 2.24) is 5.32 Å². The molecule has 0 heterocycles. The van der Waals surface area contributed by atoms with Gasteiger partial charge in [-0.25, -0.2) is 0 Å². The first-order valence-corrected chi connectivity index (χ1v) is 6.49. The van der Waals surface area contributed by atoms with Crippen LogP contribution in [0.15, 0.2) is 0 Å². The Balaban J connectivity index is 2.12. The molecule has 2 heteroatoms. The van der Waals surface area contributed by atoms with Gasteiger partial charge in [0.1, 0.15) is 0 Å². The van der Waals surface area contributed by atoms with Gasteiger partial charge in [-0.1, -0.05) is 13.8 Å². The zero-order valence-corrected chi connectivity index (χ0v) is 11.3. The molecule has 1 aliphatic carbocycles. The Labute approximate surface area is 100 Å². The average Bonchev–Trinajstić information content (AvgIpc) is 2.53. The van der Waals surface area contributed by atoms with E-state index in [0.29, 0.717) is 11.5 Å². The second-order valence-electron chi connectivity index (χ2n) is 6.66. The third-order valence-corrected chi connectivity index (χ3v) is 3.68. The van der Waals surface area contributed by atoms with Crippen molar-refractivity contribution in [3.8, 4) is 6.07 Å². The molecular weight excluding hydrogens is 196 g/mol. The second kappa shape index (κ2) is 5.19. The molecule has 0 aromatic rings. The van der Waals surface area contributed by atoms with E-state index in [9.17, 15) is 0 Å². The summed E-state index contributed by atoms with van der Waals surface area (Å²) in [4.78, 5) is 0. The van der Waals surface area contributed by atoms with E-state index in [0.717, 1.165) is 19.4 Å². The van der Waals surface area contributed by atoms with Crippen LogP contribution in [0, 0.1) is 22.2 Å². The van der Waals surface area contributed by atoms with Crippen molar-refractivity contribution >= 4 is 0 Å². The molecule has 2 nitrogen and oxygen atoms in total. The van der Waals surface area contributed by atoms with Crippen molar-refractivity contribution in [2.24, 2.45) is 10.8 Å². The quantitative estimate of drug-likeness (QED) is 0.723. The molecule has 0 aromatic heterocycles. The van der Waals surface area contributed by atoms with Crippen LogP contribution in [0.1, 0.15) is 59.8 Å². The molecule has 1 unspecified atom stereocenters. The molecule has 1 saturated carbocycles. The first-order chi connectivity index (χ1) is 7.35. The van der Waals surface area contributed by atoms with E-state index in [2.05, 4.69) is 25.2 Å². The van der Waals surface area contributed by atoms with E-state index >= 15 is 0 Å². The number of rotatable bonds is 5. The second-order valence-corrected chi connectivity index (χ2v) is 6.66. The maximum absolute atomic E-state index is 8.90. The molecule has 1 fully saturated rings. The van der Waals surface area contributed by atoms with E-state index in [4.69, 9.17) is 5.26 Å². The minimum Gasteiger partial charge on any atom is -0.314 e. The molecule has 16 heavy (non-hydrogen) atoms. The molecule has 0 spiro atoms. The maximum atomic E-state index is 8.90. The molecule has 1 aliphatic rings. The van der Waals surface area contributed by atoms with Crippen LogP contribution in [0.3, 0.4) is 0 Å². The first-order valence-electron chi connectivity index (χ1n) is 6.49. The minimum atomic E-state index is -0.156. The number of nitriles is 1. The van der Waals surface area contributed by atoms with Crippen LogP contribution in [0.25, 0.3) is 0 Å². The Kier molecular flexibility index (Phi) is 4.38. The smallest absolute Gasteiger partial charge is 0.0683 e. The largest absolute Gasteiger partial charge is 0.314 e. The SMILES string of the molecule is CC(C)(C#N)CCCNC1CCC(C)(C)C1. The highest BCUT2D eigenvalue weighted by molar-refractivity contribution is 4.91. The predicted octanol–water partition coefficient (Wildman–Crippen LogP) is 3.48. The Morgan fingerprint density at radius 3 is 2.62 bits per heavy atom. The van der Waals surface area contributed by atoms with Gasteiger partial charge in [-0.15, -0.1) is 0 Å². The van der Waals surface area contributed by atoms with E-state index in [1.807, 2.05) is 13.8 Å². The molecule has 0 radical (unpaired) electrons. The molecule has 1 rings (SSSR count). The molecule has 0 aliphatic heterocycles. The Hall–Kier alpha value is -0.550. The van der Waals surface area contributed by atoms with Gasteiger partial charge in [0.05, 0.1) is 11.5 Å². The summed E-state index contributed by atoms with van der Waals surface area (Å²) in [6.45, 7) is 9.81. The molecule has 0 aromatic carbocycles. The highest BCUT2D eigenvalue weighted by Crippen LogP contribution is 2.36. The lowest BCUT2D eigenvalue weighted by molar-refractivity contribution is 0.359. The van der Waals surface area contributed by atoms with Gasteiger partial charge in [0.25, 0.3) is 0 Å². The molecule has 92 valence electrons. The number of nitrogens with zero attached hydrogens (tertiary/aromatic N) is 1. The summed E-state index contributed by atoms with van der Waals surface area (Å²) in [6.07, 6.45) is 6.06. The topological polar surface area (TPSA) is 35.8 Å². The lowest BCUT2D eigenvalue weighted by atomic mass is 9.90. The molecule has 0 amide bonds. The minimum absolute atomic E-state index is 0.156. The molecule has 0 saturated heterocycles. The van der Waals surface area contributed by atoms with Crippen molar-refractivity contribution < 1.29 is 0 Å². The highest BCUT2D eigenvalue weighted by atomic mass is 14.9. The third-order valence-electron chi connectivity index (χ3n) is 3.68. The summed E-state index contributed by atoms with van der Waals surface area (Å²) in [6, 6.07) is 3.06. The van der Waals surface area contributed by atoms with Crippen LogP contribution in [0.4, 0.5) is 0 Å². The third kappa shape index (κ3) is 4.53. The fourth-order valence-corrected chi connectivity index (χ4v) is 2.50. The Morgan fingerprint density at radius 1 is 1.44 bits per heavy atom. The first kappa shape index (κ1) is 13.5. The average molecular weight is 222 g/mol. The fourth-order valence-electron chi connectivity index (χ4n) is 2.50. The number of hydrogen-bond donors (Lipinski definition) is 1. The zero-order valence-electron chi connectivity index (χ0n) is 11.3. The molecule has 0 bridgehead atoms. The van der Waals surface area contributed by atoms with Crippen LogP contribution < -0.4 is 5.32 Å². The summed E-state index contributed by atoms with van der Waals surface area (Å²) in [5, 5.41) is 12.5. The normalized spacial score (nSPS) is 24.3. The molecular formula is C14H26N2. The lowest BCUT2D eigenvalue weighted by Gasteiger charge is -2.19. The maximum Gasteiger partial charge on any atom is 0.0683 e. The van der Waals surface area contributed by atoms with Gasteiger partial charge in [0, 0.05) is 6.04 Å². The van der Waals surface area contributed by atoms with Gasteiger partial charge < -0.3 is 5.32 Å². The van der Waals surface area contributed by atoms with Gasteiger partial charge in [-0.2, -0.15) is 5.26 Å². The van der Waals surface area contributed by atoms with Crippen LogP contribution in [-0.2, 0) is 0 Å². The number of nitrogens with one attached hydrogen (secondary N) is 1. The van der Waals surface area contributed by atoms with E-state index in [1.165, 1.54) is 19.3 Å². The van der Waals surface area contributed by atoms with Crippen molar-refractivity contribution in [3.63, 3.8) is 0 Å². The van der Waals surface area contributed by atoms with Crippen LogP contribution >= 0.6 is 0 Å². The summed E-state index contributed by atoms with van der Waals surface area (Å²) in [5.41, 5.74) is 0.375. The van der Waals surface area contributed by atoms with Gasteiger partial charge in [0.15, 0.2) is 0 Å². The van der Waals surface area contributed by atoms with Crippen LogP contribution in [-0.4, -0.2) is 12.6 Å². The zero-order chi connectivity index (χ0) is 12.2. The summed E-state index contributed by atoms with van der Waals surface area (Å²) >= 11 is 0. The number of hydrogen-bond acceptors (Lipinski definition) is 2. The monoisotopic (exact) mass is 222 g/mol. The van der Waals surface area contributed by atoms with Crippen LogP contribution in [0.2, 0.25) is 0 Å². The van der Waals surface area contributed by atoms with Gasteiger partial charge in [0.2, 0.25) is 0 Å². The van der Waals surface area contributed by atoms with E-state index < -0.39 is 0 Å². The van der Waals surface area contributed by atoms with Crippen molar-refractivity contribution in [1.29, 1.82) is 5.26 Å².